The van der Waals surface area contributed by atoms with Crippen molar-refractivity contribution in [2.75, 3.05) is 0 Å². The van der Waals surface area contributed by atoms with E-state index < -0.39 is 0 Å². The van der Waals surface area contributed by atoms with E-state index in [1.54, 1.807) is 0 Å². The number of hydrogen-bond acceptors (Lipinski definition) is 1. The molecule has 1 nitrogen and oxygen atoms in total. The fourth-order valence-corrected chi connectivity index (χ4v) is 0.894. The molecule has 0 saturated carbocycles. The molecule has 0 amide bonds. The second-order valence-corrected chi connectivity index (χ2v) is 3.51. The molecule has 0 aliphatic rings. The van der Waals surface area contributed by atoms with Gasteiger partial charge in [-0.15, -0.1) is 5.41 Å². The average molecular weight is 230 g/mol. The molecule has 1 unspecified atom stereocenters. The van der Waals surface area contributed by atoms with Crippen molar-refractivity contribution < 1.29 is 37.5 Å². The van der Waals surface area contributed by atoms with Crippen molar-refractivity contribution in [1.29, 1.82) is 0 Å². The zero-order valence-electron chi connectivity index (χ0n) is 7.98. The van der Waals surface area contributed by atoms with Crippen molar-refractivity contribution in [3.63, 3.8) is 0 Å². The van der Waals surface area contributed by atoms with E-state index in [9.17, 15) is 4.79 Å². The minimum absolute atomic E-state index is 0. The summed E-state index contributed by atoms with van der Waals surface area (Å²) in [5.41, 5.74) is -0.254. The second kappa shape index (κ2) is 6.31. The van der Waals surface area contributed by atoms with Crippen LogP contribution in [0.5, 0.6) is 0 Å². The molecule has 1 atom stereocenters. The zero-order chi connectivity index (χ0) is 8.20. The largest absolute Gasteiger partial charge is 0.541 e. The molecule has 0 fully saturated rings. The van der Waals surface area contributed by atoms with Crippen LogP contribution in [0.4, 0.5) is 0 Å². The van der Waals surface area contributed by atoms with Crippen LogP contribution in [0.15, 0.2) is 0 Å². The van der Waals surface area contributed by atoms with Gasteiger partial charge in [-0.25, -0.2) is 0 Å². The Bertz CT molecular complexity index is 110. The molecule has 11 heavy (non-hydrogen) atoms. The third-order valence-corrected chi connectivity index (χ3v) is 2.22. The molecule has 0 saturated heterocycles. The van der Waals surface area contributed by atoms with Crippen LogP contribution in [0.3, 0.4) is 0 Å². The van der Waals surface area contributed by atoms with Crippen LogP contribution < -0.4 is 0 Å². The van der Waals surface area contributed by atoms with Crippen molar-refractivity contribution >= 4 is 6.29 Å². The first-order chi connectivity index (χ1) is 4.54. The van der Waals surface area contributed by atoms with Crippen molar-refractivity contribution in [2.45, 2.75) is 40.5 Å². The predicted molar refractivity (Wildman–Crippen MR) is 43.5 cm³/mol. The minimum Gasteiger partial charge on any atom is -0.541 e. The van der Waals surface area contributed by atoms with Crippen molar-refractivity contribution in [2.24, 2.45) is 11.3 Å². The molecule has 0 N–H and O–H groups in total. The van der Waals surface area contributed by atoms with Crippen LogP contribution in [0.2, 0.25) is 0 Å². The van der Waals surface area contributed by atoms with E-state index >= 15 is 0 Å². The van der Waals surface area contributed by atoms with Crippen molar-refractivity contribution in [3.05, 3.63) is 0 Å². The van der Waals surface area contributed by atoms with Gasteiger partial charge in [-0.1, -0.05) is 46.5 Å². The van der Waals surface area contributed by atoms with E-state index in [1.807, 2.05) is 13.8 Å². The smallest absolute Gasteiger partial charge is 0 e. The van der Waals surface area contributed by atoms with E-state index in [0.29, 0.717) is 5.92 Å². The van der Waals surface area contributed by atoms with Gasteiger partial charge in [-0.05, 0) is 0 Å². The van der Waals surface area contributed by atoms with Gasteiger partial charge in [0.05, 0.1) is 0 Å². The van der Waals surface area contributed by atoms with E-state index in [4.69, 9.17) is 0 Å². The normalized spacial score (nSPS) is 13.5. The molecule has 1 radical (unpaired) electrons. The summed E-state index contributed by atoms with van der Waals surface area (Å²) in [6.45, 7) is 8.13. The fraction of sp³-hybridized carbons (Fsp3) is 0.889. The van der Waals surface area contributed by atoms with Crippen LogP contribution in [-0.2, 0) is 37.5 Å². The van der Waals surface area contributed by atoms with Crippen LogP contribution in [0.1, 0.15) is 40.5 Å². The molecule has 0 aliphatic carbocycles. The summed E-state index contributed by atoms with van der Waals surface area (Å²) >= 11 is 0. The standard InChI is InChI=1S/C9H17O.Y/c1-5-6-8(2)9(3,4)7-10;/h8H,5-6H2,1-4H3;/q-1;. The van der Waals surface area contributed by atoms with Gasteiger partial charge in [0.25, 0.3) is 0 Å². The molecular weight excluding hydrogens is 213 g/mol. The van der Waals surface area contributed by atoms with Gasteiger partial charge in [0, 0.05) is 32.7 Å². The number of hydrogen-bond donors (Lipinski definition) is 0. The van der Waals surface area contributed by atoms with Gasteiger partial charge in [0.2, 0.25) is 0 Å². The van der Waals surface area contributed by atoms with E-state index in [1.165, 1.54) is 0 Å². The Hall–Kier alpha value is 0.774. The van der Waals surface area contributed by atoms with Crippen LogP contribution in [0.25, 0.3) is 0 Å². The van der Waals surface area contributed by atoms with Crippen LogP contribution >= 0.6 is 0 Å². The Balaban J connectivity index is 0. The molecule has 0 bridgehead atoms. The molecule has 0 rings (SSSR count). The Morgan fingerprint density at radius 3 is 2.18 bits per heavy atom. The van der Waals surface area contributed by atoms with E-state index in [0.717, 1.165) is 12.8 Å². The van der Waals surface area contributed by atoms with Gasteiger partial charge in [0.1, 0.15) is 0 Å². The van der Waals surface area contributed by atoms with Crippen LogP contribution in [0, 0.1) is 11.3 Å². The van der Waals surface area contributed by atoms with Crippen molar-refractivity contribution in [3.8, 4) is 0 Å². The third kappa shape index (κ3) is 5.08. The maximum absolute atomic E-state index is 10.4. The SMILES string of the molecule is CCCC(C)C(C)(C)[C-]=O.[Y]. The minimum atomic E-state index is -0.254. The predicted octanol–water partition coefficient (Wildman–Crippen LogP) is 2.56. The Kier molecular flexibility index (Phi) is 8.20. The summed E-state index contributed by atoms with van der Waals surface area (Å²) in [6.07, 6.45) is 4.33. The third-order valence-electron chi connectivity index (χ3n) is 2.22. The van der Waals surface area contributed by atoms with Gasteiger partial charge >= 0.3 is 0 Å². The first-order valence-electron chi connectivity index (χ1n) is 3.94. The topological polar surface area (TPSA) is 17.1 Å². The number of rotatable bonds is 4. The summed E-state index contributed by atoms with van der Waals surface area (Å²) in [4.78, 5) is 10.4. The first kappa shape index (κ1) is 14.3. The second-order valence-electron chi connectivity index (χ2n) is 3.51. The maximum Gasteiger partial charge on any atom is 0 e. The molecule has 0 aliphatic heterocycles. The van der Waals surface area contributed by atoms with Gasteiger partial charge < -0.3 is 4.79 Å². The summed E-state index contributed by atoms with van der Waals surface area (Å²) in [5, 5.41) is 0. The molecule has 0 aromatic carbocycles. The maximum atomic E-state index is 10.4. The molecule has 63 valence electrons. The molecule has 0 spiro atoms. The van der Waals surface area contributed by atoms with Crippen molar-refractivity contribution in [1.82, 2.24) is 0 Å². The molecular formula is C9H17OY-. The Labute approximate surface area is 95.2 Å². The Morgan fingerprint density at radius 1 is 1.45 bits per heavy atom. The molecule has 2 heteroatoms. The first-order valence-corrected chi connectivity index (χ1v) is 3.94. The van der Waals surface area contributed by atoms with E-state index in [2.05, 4.69) is 20.1 Å². The summed E-state index contributed by atoms with van der Waals surface area (Å²) in [6, 6.07) is 0. The molecule has 0 aromatic rings. The summed E-state index contributed by atoms with van der Waals surface area (Å²) in [5.74, 6) is 0.454. The number of carbonyl (C=O) groups excluding carboxylic acids is 1. The van der Waals surface area contributed by atoms with Crippen LogP contribution in [-0.4, -0.2) is 6.29 Å². The zero-order valence-corrected chi connectivity index (χ0v) is 10.8. The fourth-order valence-electron chi connectivity index (χ4n) is 0.894. The van der Waals surface area contributed by atoms with Gasteiger partial charge in [-0.3, -0.25) is 6.29 Å². The Morgan fingerprint density at radius 2 is 1.91 bits per heavy atom. The summed E-state index contributed by atoms with van der Waals surface area (Å²) in [7, 11) is 0. The van der Waals surface area contributed by atoms with E-state index in [-0.39, 0.29) is 38.1 Å². The monoisotopic (exact) mass is 230 g/mol. The summed E-state index contributed by atoms with van der Waals surface area (Å²) < 4.78 is 0. The molecule has 0 heterocycles. The average Bonchev–Trinajstić information content (AvgIpc) is 1.89. The van der Waals surface area contributed by atoms with Gasteiger partial charge in [0.15, 0.2) is 0 Å². The quantitative estimate of drug-likeness (QED) is 0.678. The van der Waals surface area contributed by atoms with Gasteiger partial charge in [-0.2, -0.15) is 0 Å². The molecule has 0 aromatic heterocycles.